The van der Waals surface area contributed by atoms with Gasteiger partial charge in [0.1, 0.15) is 18.5 Å². The topological polar surface area (TPSA) is 65.3 Å². The van der Waals surface area contributed by atoms with Crippen LogP contribution in [0.25, 0.3) is 0 Å². The van der Waals surface area contributed by atoms with Crippen LogP contribution in [0.5, 0.6) is 5.75 Å². The molecular formula is C15H23ClN2O2. The number of nitriles is 1. The Morgan fingerprint density at radius 3 is 2.55 bits per heavy atom. The molecule has 1 aromatic carbocycles. The first-order valence-corrected chi connectivity index (χ1v) is 6.38. The Balaban J connectivity index is 0.00000361. The summed E-state index contributed by atoms with van der Waals surface area (Å²) in [5.74, 6) is 0.703. The molecule has 20 heavy (non-hydrogen) atoms. The molecular weight excluding hydrogens is 276 g/mol. The van der Waals surface area contributed by atoms with Crippen molar-refractivity contribution in [1.82, 2.24) is 5.32 Å². The standard InChI is InChI=1S/C15H22N2O2.ClH/c1-11-7-12(8-16)5-6-14(11)19-10-13(18)9-17-15(2,3)4;/h5-7,13,17-18H,9-10H2,1-4H3;1H. The number of ether oxygens (including phenoxy) is 1. The predicted molar refractivity (Wildman–Crippen MR) is 82.4 cm³/mol. The highest BCUT2D eigenvalue weighted by atomic mass is 35.5. The Morgan fingerprint density at radius 2 is 2.05 bits per heavy atom. The smallest absolute Gasteiger partial charge is 0.122 e. The Morgan fingerprint density at radius 1 is 1.40 bits per heavy atom. The Bertz CT molecular complexity index is 464. The number of hydrogen-bond acceptors (Lipinski definition) is 4. The molecule has 1 unspecified atom stereocenters. The lowest BCUT2D eigenvalue weighted by molar-refractivity contribution is 0.0997. The van der Waals surface area contributed by atoms with Gasteiger partial charge in [-0.25, -0.2) is 0 Å². The van der Waals surface area contributed by atoms with E-state index in [0.29, 0.717) is 17.9 Å². The average molecular weight is 299 g/mol. The van der Waals surface area contributed by atoms with Gasteiger partial charge in [0.05, 0.1) is 11.6 Å². The van der Waals surface area contributed by atoms with Gasteiger partial charge in [0, 0.05) is 12.1 Å². The summed E-state index contributed by atoms with van der Waals surface area (Å²) in [6, 6.07) is 7.33. The number of benzene rings is 1. The quantitative estimate of drug-likeness (QED) is 0.876. The van der Waals surface area contributed by atoms with Gasteiger partial charge < -0.3 is 15.2 Å². The molecule has 0 saturated heterocycles. The second kappa shape index (κ2) is 8.11. The van der Waals surface area contributed by atoms with Gasteiger partial charge in [-0.2, -0.15) is 5.26 Å². The van der Waals surface area contributed by atoms with Gasteiger partial charge in [0.15, 0.2) is 0 Å². The molecule has 2 N–H and O–H groups in total. The molecule has 0 spiro atoms. The maximum Gasteiger partial charge on any atom is 0.122 e. The SMILES string of the molecule is Cc1cc(C#N)ccc1OCC(O)CNC(C)(C)C.Cl. The molecule has 0 aromatic heterocycles. The molecule has 0 heterocycles. The Labute approximate surface area is 127 Å². The van der Waals surface area contributed by atoms with Crippen LogP contribution >= 0.6 is 12.4 Å². The minimum absolute atomic E-state index is 0. The van der Waals surface area contributed by atoms with Crippen molar-refractivity contribution in [2.45, 2.75) is 39.3 Å². The molecule has 0 fully saturated rings. The summed E-state index contributed by atoms with van der Waals surface area (Å²) >= 11 is 0. The molecule has 112 valence electrons. The molecule has 5 heteroatoms. The summed E-state index contributed by atoms with van der Waals surface area (Å²) in [4.78, 5) is 0. The van der Waals surface area contributed by atoms with Crippen molar-refractivity contribution in [2.24, 2.45) is 0 Å². The van der Waals surface area contributed by atoms with E-state index in [1.165, 1.54) is 0 Å². The fourth-order valence-corrected chi connectivity index (χ4v) is 1.55. The van der Waals surface area contributed by atoms with Crippen molar-refractivity contribution >= 4 is 12.4 Å². The first-order chi connectivity index (χ1) is 8.81. The zero-order valence-corrected chi connectivity index (χ0v) is 13.3. The molecule has 0 radical (unpaired) electrons. The van der Waals surface area contributed by atoms with E-state index in [4.69, 9.17) is 10.00 Å². The molecule has 1 atom stereocenters. The highest BCUT2D eigenvalue weighted by Crippen LogP contribution is 2.18. The van der Waals surface area contributed by atoms with Crippen molar-refractivity contribution < 1.29 is 9.84 Å². The van der Waals surface area contributed by atoms with Gasteiger partial charge in [-0.1, -0.05) is 0 Å². The van der Waals surface area contributed by atoms with Gasteiger partial charge in [0.2, 0.25) is 0 Å². The van der Waals surface area contributed by atoms with Crippen LogP contribution in [0, 0.1) is 18.3 Å². The first kappa shape index (κ1) is 18.7. The summed E-state index contributed by atoms with van der Waals surface area (Å²) in [5.41, 5.74) is 1.49. The summed E-state index contributed by atoms with van der Waals surface area (Å²) in [6.45, 7) is 8.74. The molecule has 0 aliphatic carbocycles. The number of nitrogens with zero attached hydrogens (tertiary/aromatic N) is 1. The van der Waals surface area contributed by atoms with Crippen LogP contribution in [-0.2, 0) is 0 Å². The van der Waals surface area contributed by atoms with Crippen LogP contribution in [0.4, 0.5) is 0 Å². The highest BCUT2D eigenvalue weighted by Gasteiger charge is 2.13. The fourth-order valence-electron chi connectivity index (χ4n) is 1.55. The zero-order chi connectivity index (χ0) is 14.5. The predicted octanol–water partition coefficient (Wildman–Crippen LogP) is 2.42. The third-order valence-corrected chi connectivity index (χ3v) is 2.60. The lowest BCUT2D eigenvalue weighted by atomic mass is 10.1. The van der Waals surface area contributed by atoms with E-state index in [-0.39, 0.29) is 24.6 Å². The van der Waals surface area contributed by atoms with E-state index < -0.39 is 6.10 Å². The summed E-state index contributed by atoms with van der Waals surface area (Å²) in [6.07, 6.45) is -0.561. The molecule has 4 nitrogen and oxygen atoms in total. The van der Waals surface area contributed by atoms with E-state index in [0.717, 1.165) is 5.56 Å². The second-order valence-corrected chi connectivity index (χ2v) is 5.69. The number of halogens is 1. The number of aliphatic hydroxyl groups excluding tert-OH is 1. The fraction of sp³-hybridized carbons (Fsp3) is 0.533. The van der Waals surface area contributed by atoms with Crippen LogP contribution in [0.2, 0.25) is 0 Å². The number of aliphatic hydroxyl groups is 1. The molecule has 0 aliphatic rings. The van der Waals surface area contributed by atoms with E-state index in [1.807, 2.05) is 27.7 Å². The van der Waals surface area contributed by atoms with Gasteiger partial charge in [0.25, 0.3) is 0 Å². The highest BCUT2D eigenvalue weighted by molar-refractivity contribution is 5.85. The summed E-state index contributed by atoms with van der Waals surface area (Å²) < 4.78 is 5.56. The van der Waals surface area contributed by atoms with E-state index in [2.05, 4.69) is 11.4 Å². The molecule has 0 bridgehead atoms. The summed E-state index contributed by atoms with van der Waals surface area (Å²) in [5, 5.41) is 21.8. The maximum atomic E-state index is 9.83. The lowest BCUT2D eigenvalue weighted by Gasteiger charge is -2.23. The molecule has 0 aliphatic heterocycles. The van der Waals surface area contributed by atoms with Crippen LogP contribution in [0.3, 0.4) is 0 Å². The molecule has 1 aromatic rings. The Hall–Kier alpha value is -1.28. The van der Waals surface area contributed by atoms with Crippen LogP contribution in [-0.4, -0.2) is 29.9 Å². The maximum absolute atomic E-state index is 9.83. The number of aryl methyl sites for hydroxylation is 1. The van der Waals surface area contributed by atoms with Gasteiger partial charge >= 0.3 is 0 Å². The zero-order valence-electron chi connectivity index (χ0n) is 12.4. The third kappa shape index (κ3) is 6.76. The Kier molecular flexibility index (Phi) is 7.59. The molecule has 1 rings (SSSR count). The third-order valence-electron chi connectivity index (χ3n) is 2.60. The second-order valence-electron chi connectivity index (χ2n) is 5.69. The van der Waals surface area contributed by atoms with Crippen molar-refractivity contribution in [3.05, 3.63) is 29.3 Å². The number of hydrogen-bond donors (Lipinski definition) is 2. The van der Waals surface area contributed by atoms with E-state index >= 15 is 0 Å². The van der Waals surface area contributed by atoms with E-state index in [9.17, 15) is 5.11 Å². The number of β-amino-alcohol motifs (C(OH)–C–C–N with tert-alkyl or cyclic N) is 1. The first-order valence-electron chi connectivity index (χ1n) is 6.38. The van der Waals surface area contributed by atoms with Crippen LogP contribution in [0.1, 0.15) is 31.9 Å². The van der Waals surface area contributed by atoms with Crippen LogP contribution < -0.4 is 10.1 Å². The minimum Gasteiger partial charge on any atom is -0.491 e. The average Bonchev–Trinajstić information content (AvgIpc) is 2.34. The summed E-state index contributed by atoms with van der Waals surface area (Å²) in [7, 11) is 0. The van der Waals surface area contributed by atoms with Gasteiger partial charge in [-0.3, -0.25) is 0 Å². The van der Waals surface area contributed by atoms with Gasteiger partial charge in [-0.15, -0.1) is 12.4 Å². The normalized spacial score (nSPS) is 12.2. The molecule has 0 saturated carbocycles. The molecule has 0 amide bonds. The van der Waals surface area contributed by atoms with Crippen molar-refractivity contribution in [3.8, 4) is 11.8 Å². The monoisotopic (exact) mass is 298 g/mol. The minimum atomic E-state index is -0.561. The van der Waals surface area contributed by atoms with E-state index in [1.54, 1.807) is 18.2 Å². The van der Waals surface area contributed by atoms with Gasteiger partial charge in [-0.05, 0) is 51.5 Å². The van der Waals surface area contributed by atoms with Crippen LogP contribution in [0.15, 0.2) is 18.2 Å². The number of rotatable bonds is 5. The lowest BCUT2D eigenvalue weighted by Crippen LogP contribution is -2.42. The largest absolute Gasteiger partial charge is 0.491 e. The number of nitrogens with one attached hydrogen (secondary N) is 1. The van der Waals surface area contributed by atoms with Crippen molar-refractivity contribution in [3.63, 3.8) is 0 Å². The van der Waals surface area contributed by atoms with Crippen molar-refractivity contribution in [1.29, 1.82) is 5.26 Å². The van der Waals surface area contributed by atoms with Crippen molar-refractivity contribution in [2.75, 3.05) is 13.2 Å².